The lowest BCUT2D eigenvalue weighted by Gasteiger charge is -1.88. The summed E-state index contributed by atoms with van der Waals surface area (Å²) in [4.78, 5) is 0. The summed E-state index contributed by atoms with van der Waals surface area (Å²) in [6, 6.07) is 7.77. The van der Waals surface area contributed by atoms with Gasteiger partial charge in [0.1, 0.15) is 5.58 Å². The van der Waals surface area contributed by atoms with Gasteiger partial charge in [0.25, 0.3) is 0 Å². The average Bonchev–Trinajstić information content (AvgIpc) is 2.51. The zero-order valence-corrected chi connectivity index (χ0v) is 7.73. The highest BCUT2D eigenvalue weighted by atomic mass is 16.3. The van der Waals surface area contributed by atoms with Crippen LogP contribution < -0.4 is 5.73 Å². The third-order valence-electron chi connectivity index (χ3n) is 2.06. The van der Waals surface area contributed by atoms with Crippen molar-refractivity contribution in [2.45, 2.75) is 0 Å². The highest BCUT2D eigenvalue weighted by Crippen LogP contribution is 2.28. The predicted molar refractivity (Wildman–Crippen MR) is 59.9 cm³/mol. The molecule has 14 heavy (non-hydrogen) atoms. The van der Waals surface area contributed by atoms with Crippen LogP contribution in [-0.2, 0) is 0 Å². The lowest BCUT2D eigenvalue weighted by Crippen LogP contribution is -1.82. The molecule has 0 bridgehead atoms. The number of para-hydroxylation sites is 1. The number of nitrogen functional groups attached to an aromatic ring is 1. The maximum atomic E-state index is 5.74. The first kappa shape index (κ1) is 8.63. The number of anilines is 1. The van der Waals surface area contributed by atoms with Crippen molar-refractivity contribution in [3.8, 4) is 0 Å². The fraction of sp³-hybridized carbons (Fsp3) is 0. The monoisotopic (exact) mass is 185 g/mol. The highest BCUT2D eigenvalue weighted by molar-refractivity contribution is 5.92. The number of hydrogen-bond acceptors (Lipinski definition) is 2. The molecule has 0 saturated carbocycles. The Labute approximate surface area is 82.3 Å². The van der Waals surface area contributed by atoms with Gasteiger partial charge < -0.3 is 10.2 Å². The minimum Gasteiger partial charge on any atom is -0.440 e. The SMILES string of the molecule is C=C/C=C\c1c(N)oc2ccccc12. The summed E-state index contributed by atoms with van der Waals surface area (Å²) in [5, 5.41) is 1.03. The number of furan rings is 1. The number of allylic oxidation sites excluding steroid dienone is 2. The normalized spacial score (nSPS) is 11.1. The largest absolute Gasteiger partial charge is 0.440 e. The van der Waals surface area contributed by atoms with Gasteiger partial charge in [0.2, 0.25) is 0 Å². The average molecular weight is 185 g/mol. The van der Waals surface area contributed by atoms with E-state index in [4.69, 9.17) is 10.2 Å². The first-order chi connectivity index (χ1) is 6.83. The van der Waals surface area contributed by atoms with Crippen LogP contribution in [0.4, 0.5) is 5.88 Å². The molecule has 0 unspecified atom stereocenters. The molecule has 0 aliphatic rings. The van der Waals surface area contributed by atoms with E-state index in [1.165, 1.54) is 0 Å². The summed E-state index contributed by atoms with van der Waals surface area (Å²) in [6.07, 6.45) is 5.45. The van der Waals surface area contributed by atoms with E-state index >= 15 is 0 Å². The molecule has 0 saturated heterocycles. The molecule has 1 heterocycles. The van der Waals surface area contributed by atoms with Crippen molar-refractivity contribution in [2.24, 2.45) is 0 Å². The van der Waals surface area contributed by atoms with E-state index in [1.54, 1.807) is 6.08 Å². The van der Waals surface area contributed by atoms with Gasteiger partial charge in [-0.25, -0.2) is 0 Å². The Balaban J connectivity index is 2.67. The van der Waals surface area contributed by atoms with E-state index in [9.17, 15) is 0 Å². The molecular weight excluding hydrogens is 174 g/mol. The molecule has 1 aromatic heterocycles. The Bertz CT molecular complexity index is 494. The van der Waals surface area contributed by atoms with Crippen molar-refractivity contribution in [3.05, 3.63) is 48.6 Å². The lowest BCUT2D eigenvalue weighted by atomic mass is 10.1. The molecule has 2 heteroatoms. The zero-order chi connectivity index (χ0) is 9.97. The van der Waals surface area contributed by atoms with Crippen LogP contribution in [0.5, 0.6) is 0 Å². The van der Waals surface area contributed by atoms with Crippen LogP contribution in [0.3, 0.4) is 0 Å². The van der Waals surface area contributed by atoms with Crippen LogP contribution in [-0.4, -0.2) is 0 Å². The smallest absolute Gasteiger partial charge is 0.198 e. The summed E-state index contributed by atoms with van der Waals surface area (Å²) >= 11 is 0. The maximum Gasteiger partial charge on any atom is 0.198 e. The van der Waals surface area contributed by atoms with Crippen LogP contribution in [0, 0.1) is 0 Å². The van der Waals surface area contributed by atoms with E-state index in [0.717, 1.165) is 16.5 Å². The van der Waals surface area contributed by atoms with Crippen molar-refractivity contribution < 1.29 is 4.42 Å². The minimum atomic E-state index is 0.448. The van der Waals surface area contributed by atoms with E-state index in [1.807, 2.05) is 36.4 Å². The van der Waals surface area contributed by atoms with E-state index < -0.39 is 0 Å². The predicted octanol–water partition coefficient (Wildman–Crippen LogP) is 3.21. The molecule has 2 aromatic rings. The molecule has 1 aromatic carbocycles. The van der Waals surface area contributed by atoms with Crippen LogP contribution in [0.25, 0.3) is 17.0 Å². The summed E-state index contributed by atoms with van der Waals surface area (Å²) in [6.45, 7) is 3.61. The molecule has 2 N–H and O–H groups in total. The van der Waals surface area contributed by atoms with Gasteiger partial charge in [-0.05, 0) is 12.1 Å². The van der Waals surface area contributed by atoms with E-state index in [0.29, 0.717) is 5.88 Å². The van der Waals surface area contributed by atoms with E-state index in [-0.39, 0.29) is 0 Å². The lowest BCUT2D eigenvalue weighted by molar-refractivity contribution is 0.636. The summed E-state index contributed by atoms with van der Waals surface area (Å²) in [5.74, 6) is 0.448. The van der Waals surface area contributed by atoms with E-state index in [2.05, 4.69) is 6.58 Å². The van der Waals surface area contributed by atoms with Crippen molar-refractivity contribution in [1.29, 1.82) is 0 Å². The minimum absolute atomic E-state index is 0.448. The van der Waals surface area contributed by atoms with Gasteiger partial charge in [0.05, 0.1) is 0 Å². The number of hydrogen-bond donors (Lipinski definition) is 1. The molecule has 0 amide bonds. The van der Waals surface area contributed by atoms with Crippen LogP contribution in [0.1, 0.15) is 5.56 Å². The molecule has 2 rings (SSSR count). The molecule has 70 valence electrons. The summed E-state index contributed by atoms with van der Waals surface area (Å²) in [5.41, 5.74) is 7.47. The molecule has 2 nitrogen and oxygen atoms in total. The topological polar surface area (TPSA) is 39.2 Å². The highest BCUT2D eigenvalue weighted by Gasteiger charge is 2.06. The van der Waals surface area contributed by atoms with Crippen molar-refractivity contribution in [3.63, 3.8) is 0 Å². The van der Waals surface area contributed by atoms with Crippen molar-refractivity contribution in [2.75, 3.05) is 5.73 Å². The second-order valence-electron chi connectivity index (χ2n) is 2.97. The Hall–Kier alpha value is -1.96. The van der Waals surface area contributed by atoms with Crippen LogP contribution in [0.2, 0.25) is 0 Å². The van der Waals surface area contributed by atoms with Gasteiger partial charge in [0, 0.05) is 10.9 Å². The Morgan fingerprint density at radius 3 is 2.86 bits per heavy atom. The molecule has 0 aliphatic carbocycles. The molecule has 0 fully saturated rings. The standard InChI is InChI=1S/C12H11NO/c1-2-3-6-10-9-7-4-5-8-11(9)14-12(10)13/h2-8H,1,13H2/b6-3-. The van der Waals surface area contributed by atoms with Crippen molar-refractivity contribution >= 4 is 22.9 Å². The zero-order valence-electron chi connectivity index (χ0n) is 7.73. The Morgan fingerprint density at radius 2 is 2.07 bits per heavy atom. The first-order valence-electron chi connectivity index (χ1n) is 4.39. The van der Waals surface area contributed by atoms with Gasteiger partial charge in [-0.15, -0.1) is 0 Å². The number of benzene rings is 1. The maximum absolute atomic E-state index is 5.74. The van der Waals surface area contributed by atoms with Gasteiger partial charge in [-0.1, -0.05) is 36.9 Å². The van der Waals surface area contributed by atoms with Gasteiger partial charge in [0.15, 0.2) is 5.88 Å². The molecular formula is C12H11NO. The number of fused-ring (bicyclic) bond motifs is 1. The second-order valence-corrected chi connectivity index (χ2v) is 2.97. The molecule has 0 radical (unpaired) electrons. The van der Waals surface area contributed by atoms with Crippen LogP contribution >= 0.6 is 0 Å². The van der Waals surface area contributed by atoms with Gasteiger partial charge in [-0.2, -0.15) is 0 Å². The molecule has 0 spiro atoms. The molecule has 0 aliphatic heterocycles. The fourth-order valence-corrected chi connectivity index (χ4v) is 1.42. The first-order valence-corrected chi connectivity index (χ1v) is 4.39. The second kappa shape index (κ2) is 3.42. The number of rotatable bonds is 2. The fourth-order valence-electron chi connectivity index (χ4n) is 1.42. The third-order valence-corrected chi connectivity index (χ3v) is 2.06. The summed E-state index contributed by atoms with van der Waals surface area (Å²) < 4.78 is 5.39. The van der Waals surface area contributed by atoms with Gasteiger partial charge in [-0.3, -0.25) is 0 Å². The van der Waals surface area contributed by atoms with Gasteiger partial charge >= 0.3 is 0 Å². The summed E-state index contributed by atoms with van der Waals surface area (Å²) in [7, 11) is 0. The Kier molecular flexibility index (Phi) is 2.11. The quantitative estimate of drug-likeness (QED) is 0.729. The van der Waals surface area contributed by atoms with Crippen LogP contribution in [0.15, 0.2) is 47.4 Å². The molecule has 0 atom stereocenters. The third kappa shape index (κ3) is 1.31. The number of nitrogens with two attached hydrogens (primary N) is 1. The Morgan fingerprint density at radius 1 is 1.29 bits per heavy atom. The van der Waals surface area contributed by atoms with Crippen molar-refractivity contribution in [1.82, 2.24) is 0 Å².